The van der Waals surface area contributed by atoms with Gasteiger partial charge in [0.15, 0.2) is 0 Å². The molecular formula is C22H24N4O4. The van der Waals surface area contributed by atoms with Gasteiger partial charge in [-0.2, -0.15) is 0 Å². The van der Waals surface area contributed by atoms with Gasteiger partial charge in [0.25, 0.3) is 0 Å². The molecule has 0 saturated carbocycles. The van der Waals surface area contributed by atoms with Crippen LogP contribution < -0.4 is 0 Å². The van der Waals surface area contributed by atoms with Crippen LogP contribution >= 0.6 is 0 Å². The lowest BCUT2D eigenvalue weighted by atomic mass is 10.0. The fourth-order valence-electron chi connectivity index (χ4n) is 2.82. The number of aromatic nitrogens is 4. The highest BCUT2D eigenvalue weighted by Gasteiger charge is 2.20. The molecule has 2 aromatic heterocycles. The van der Waals surface area contributed by atoms with Gasteiger partial charge >= 0.3 is 11.9 Å². The molecular weight excluding hydrogens is 384 g/mol. The minimum Gasteiger partial charge on any atom is -0.464 e. The first-order valence-corrected chi connectivity index (χ1v) is 9.76. The Hall–Kier alpha value is -3.55. The smallest absolute Gasteiger partial charge is 0.338 e. The van der Waals surface area contributed by atoms with E-state index >= 15 is 0 Å². The molecule has 0 saturated heterocycles. The molecule has 0 fully saturated rings. The van der Waals surface area contributed by atoms with Gasteiger partial charge in [0, 0.05) is 23.5 Å². The predicted octanol–water partition coefficient (Wildman–Crippen LogP) is 3.38. The average molecular weight is 408 g/mol. The topological polar surface area (TPSA) is 96.2 Å². The Morgan fingerprint density at radius 2 is 1.70 bits per heavy atom. The maximum atomic E-state index is 12.3. The maximum absolute atomic E-state index is 12.3. The Morgan fingerprint density at radius 1 is 1.00 bits per heavy atom. The molecule has 2 heterocycles. The van der Waals surface area contributed by atoms with Crippen molar-refractivity contribution in [1.29, 1.82) is 0 Å². The van der Waals surface area contributed by atoms with E-state index < -0.39 is 0 Å². The van der Waals surface area contributed by atoms with Crippen LogP contribution in [0.25, 0.3) is 22.5 Å². The van der Waals surface area contributed by atoms with E-state index in [9.17, 15) is 9.59 Å². The molecule has 8 nitrogen and oxygen atoms in total. The second kappa shape index (κ2) is 9.78. The quantitative estimate of drug-likeness (QED) is 0.527. The van der Waals surface area contributed by atoms with Gasteiger partial charge in [0.05, 0.1) is 24.5 Å². The molecule has 3 aromatic rings. The minimum atomic E-state index is -0.390. The molecule has 3 rings (SSSR count). The molecule has 0 bridgehead atoms. The van der Waals surface area contributed by atoms with Crippen LogP contribution in [0.2, 0.25) is 0 Å². The van der Waals surface area contributed by atoms with Crippen molar-refractivity contribution in [1.82, 2.24) is 20.0 Å². The van der Waals surface area contributed by atoms with E-state index in [-0.39, 0.29) is 24.4 Å². The Balaban J connectivity index is 1.96. The molecule has 8 heteroatoms. The highest BCUT2D eigenvalue weighted by molar-refractivity contribution is 5.90. The second-order valence-corrected chi connectivity index (χ2v) is 7.05. The summed E-state index contributed by atoms with van der Waals surface area (Å²) in [5.41, 5.74) is 3.28. The molecule has 0 amide bonds. The zero-order valence-electron chi connectivity index (χ0n) is 17.2. The second-order valence-electron chi connectivity index (χ2n) is 7.05. The molecule has 0 aliphatic carbocycles. The highest BCUT2D eigenvalue weighted by Crippen LogP contribution is 2.30. The summed E-state index contributed by atoms with van der Waals surface area (Å²) in [6, 6.07) is 10.6. The summed E-state index contributed by atoms with van der Waals surface area (Å²) in [5, 5.41) is 8.46. The van der Waals surface area contributed by atoms with Gasteiger partial charge in [0.1, 0.15) is 12.2 Å². The summed E-state index contributed by atoms with van der Waals surface area (Å²) in [4.78, 5) is 28.3. The van der Waals surface area contributed by atoms with Gasteiger partial charge in [-0.15, -0.1) is 5.10 Å². The first kappa shape index (κ1) is 21.2. The number of ether oxygens (including phenoxy) is 2. The number of benzene rings is 1. The number of esters is 2. The van der Waals surface area contributed by atoms with Crippen LogP contribution in [0.4, 0.5) is 0 Å². The molecule has 0 aliphatic heterocycles. The molecule has 156 valence electrons. The predicted molar refractivity (Wildman–Crippen MR) is 110 cm³/mol. The van der Waals surface area contributed by atoms with Crippen LogP contribution in [-0.4, -0.2) is 45.1 Å². The lowest BCUT2D eigenvalue weighted by Crippen LogP contribution is -2.18. The van der Waals surface area contributed by atoms with Gasteiger partial charge in [0.2, 0.25) is 0 Å². The Labute approximate surface area is 174 Å². The SMILES string of the molecule is CCOC(=O)c1ccc(-c2c(-c3ccncc3)nnn2CC(=O)OCC(C)C)cc1. The maximum Gasteiger partial charge on any atom is 0.338 e. The zero-order chi connectivity index (χ0) is 21.5. The molecule has 1 aromatic carbocycles. The molecule has 0 unspecified atom stereocenters. The number of carbonyl (C=O) groups excluding carboxylic acids is 2. The molecule has 0 radical (unpaired) electrons. The van der Waals surface area contributed by atoms with E-state index in [2.05, 4.69) is 15.3 Å². The minimum absolute atomic E-state index is 0.0697. The number of nitrogens with zero attached hydrogens (tertiary/aromatic N) is 4. The van der Waals surface area contributed by atoms with Crippen LogP contribution in [0, 0.1) is 5.92 Å². The van der Waals surface area contributed by atoms with Gasteiger partial charge in [-0.05, 0) is 37.1 Å². The molecule has 0 N–H and O–H groups in total. The zero-order valence-corrected chi connectivity index (χ0v) is 17.2. The molecule has 0 spiro atoms. The van der Waals surface area contributed by atoms with Gasteiger partial charge in [-0.25, -0.2) is 9.48 Å². The van der Waals surface area contributed by atoms with Crippen molar-refractivity contribution >= 4 is 11.9 Å². The third-order valence-electron chi connectivity index (χ3n) is 4.21. The molecule has 0 aliphatic rings. The summed E-state index contributed by atoms with van der Waals surface area (Å²) in [6.07, 6.45) is 3.33. The Morgan fingerprint density at radius 3 is 2.33 bits per heavy atom. The summed E-state index contributed by atoms with van der Waals surface area (Å²) in [5.74, 6) is -0.534. The number of hydrogen-bond acceptors (Lipinski definition) is 7. The van der Waals surface area contributed by atoms with Crippen molar-refractivity contribution in [3.05, 3.63) is 54.4 Å². The van der Waals surface area contributed by atoms with Crippen molar-refractivity contribution in [2.24, 2.45) is 5.92 Å². The van der Waals surface area contributed by atoms with Crippen molar-refractivity contribution in [3.63, 3.8) is 0 Å². The van der Waals surface area contributed by atoms with E-state index in [1.165, 1.54) is 4.68 Å². The normalized spacial score (nSPS) is 10.8. The standard InChI is InChI=1S/C22H24N4O4/c1-4-29-22(28)18-7-5-17(6-8-18)21-20(16-9-11-23-12-10-16)24-25-26(21)13-19(27)30-14-15(2)3/h5-12,15H,4,13-14H2,1-3H3. The van der Waals surface area contributed by atoms with E-state index in [0.717, 1.165) is 11.1 Å². The summed E-state index contributed by atoms with van der Waals surface area (Å²) in [6.45, 7) is 6.29. The third-order valence-corrected chi connectivity index (χ3v) is 4.21. The number of pyridine rings is 1. The number of rotatable bonds is 8. The Kier molecular flexibility index (Phi) is 6.90. The lowest BCUT2D eigenvalue weighted by Gasteiger charge is -2.10. The molecule has 0 atom stereocenters. The fraction of sp³-hybridized carbons (Fsp3) is 0.318. The summed E-state index contributed by atoms with van der Waals surface area (Å²) < 4.78 is 11.8. The van der Waals surface area contributed by atoms with Crippen molar-refractivity contribution in [3.8, 4) is 22.5 Å². The van der Waals surface area contributed by atoms with E-state index in [1.807, 2.05) is 26.0 Å². The van der Waals surface area contributed by atoms with Crippen LogP contribution in [0.3, 0.4) is 0 Å². The monoisotopic (exact) mass is 408 g/mol. The van der Waals surface area contributed by atoms with Crippen molar-refractivity contribution in [2.45, 2.75) is 27.3 Å². The number of carbonyl (C=O) groups is 2. The third kappa shape index (κ3) is 5.08. The lowest BCUT2D eigenvalue weighted by molar-refractivity contribution is -0.145. The van der Waals surface area contributed by atoms with Gasteiger partial charge < -0.3 is 9.47 Å². The van der Waals surface area contributed by atoms with Crippen LogP contribution in [0.1, 0.15) is 31.1 Å². The van der Waals surface area contributed by atoms with Crippen molar-refractivity contribution in [2.75, 3.05) is 13.2 Å². The van der Waals surface area contributed by atoms with Gasteiger partial charge in [-0.1, -0.05) is 31.2 Å². The van der Waals surface area contributed by atoms with Crippen molar-refractivity contribution < 1.29 is 19.1 Å². The molecule has 30 heavy (non-hydrogen) atoms. The number of hydrogen-bond donors (Lipinski definition) is 0. The largest absolute Gasteiger partial charge is 0.464 e. The average Bonchev–Trinajstić information content (AvgIpc) is 3.16. The van der Waals surface area contributed by atoms with E-state index in [4.69, 9.17) is 9.47 Å². The van der Waals surface area contributed by atoms with E-state index in [0.29, 0.717) is 30.2 Å². The summed E-state index contributed by atoms with van der Waals surface area (Å²) >= 11 is 0. The van der Waals surface area contributed by atoms with E-state index in [1.54, 1.807) is 43.6 Å². The first-order valence-electron chi connectivity index (χ1n) is 9.76. The van der Waals surface area contributed by atoms with Crippen LogP contribution in [0.5, 0.6) is 0 Å². The Bertz CT molecular complexity index is 998. The first-order chi connectivity index (χ1) is 14.5. The van der Waals surface area contributed by atoms with Gasteiger partial charge in [-0.3, -0.25) is 9.78 Å². The fourth-order valence-corrected chi connectivity index (χ4v) is 2.82. The van der Waals surface area contributed by atoms with Crippen LogP contribution in [-0.2, 0) is 20.8 Å². The summed E-state index contributed by atoms with van der Waals surface area (Å²) in [7, 11) is 0. The van der Waals surface area contributed by atoms with Crippen LogP contribution in [0.15, 0.2) is 48.8 Å². The highest BCUT2D eigenvalue weighted by atomic mass is 16.5.